The van der Waals surface area contributed by atoms with Gasteiger partial charge >= 0.3 is 5.97 Å². The first-order valence-electron chi connectivity index (χ1n) is 9.33. The summed E-state index contributed by atoms with van der Waals surface area (Å²) in [6.45, 7) is 8.34. The Morgan fingerprint density at radius 2 is 1.90 bits per heavy atom. The molecule has 0 radical (unpaired) electrons. The first kappa shape index (κ1) is 22.5. The highest BCUT2D eigenvalue weighted by Gasteiger charge is 2.21. The molecule has 0 unspecified atom stereocenters. The zero-order chi connectivity index (χ0) is 21.4. The maximum absolute atomic E-state index is 12.5. The summed E-state index contributed by atoms with van der Waals surface area (Å²) in [5.74, 6) is 0.175. The van der Waals surface area contributed by atoms with Gasteiger partial charge in [-0.25, -0.2) is 9.78 Å². The molecule has 156 valence electrons. The first-order valence-corrected chi connectivity index (χ1v) is 9.71. The van der Waals surface area contributed by atoms with Crippen LogP contribution in [0.5, 0.6) is 11.5 Å². The Kier molecular flexibility index (Phi) is 8.27. The van der Waals surface area contributed by atoms with Crippen molar-refractivity contribution >= 4 is 29.2 Å². The number of rotatable bonds is 9. The van der Waals surface area contributed by atoms with E-state index in [0.29, 0.717) is 36.3 Å². The molecule has 1 aromatic carbocycles. The topological polar surface area (TPSA) is 86.8 Å². The number of esters is 1. The van der Waals surface area contributed by atoms with Gasteiger partial charge in [0, 0.05) is 6.20 Å². The molecule has 1 heterocycles. The maximum Gasteiger partial charge on any atom is 0.339 e. The van der Waals surface area contributed by atoms with E-state index in [4.69, 9.17) is 25.8 Å². The van der Waals surface area contributed by atoms with Gasteiger partial charge in [0.15, 0.2) is 22.8 Å². The van der Waals surface area contributed by atoms with Gasteiger partial charge in [-0.2, -0.15) is 0 Å². The minimum absolute atomic E-state index is 0.151. The number of carbonyl (C=O) groups is 2. The van der Waals surface area contributed by atoms with E-state index in [1.807, 2.05) is 20.8 Å². The molecular formula is C21H25ClN2O5. The third-order valence-corrected chi connectivity index (χ3v) is 4.02. The quantitative estimate of drug-likeness (QED) is 0.479. The van der Waals surface area contributed by atoms with Crippen molar-refractivity contribution in [2.24, 2.45) is 5.92 Å². The molecule has 0 saturated heterocycles. The van der Waals surface area contributed by atoms with Gasteiger partial charge in [-0.15, -0.1) is 0 Å². The van der Waals surface area contributed by atoms with Crippen LogP contribution in [-0.4, -0.2) is 36.2 Å². The number of pyridine rings is 1. The van der Waals surface area contributed by atoms with Crippen molar-refractivity contribution in [1.29, 1.82) is 0 Å². The van der Waals surface area contributed by atoms with Gasteiger partial charge in [-0.05, 0) is 50.1 Å². The third-order valence-electron chi connectivity index (χ3n) is 3.72. The van der Waals surface area contributed by atoms with E-state index in [1.54, 1.807) is 30.3 Å². The summed E-state index contributed by atoms with van der Waals surface area (Å²) in [5, 5.41) is 2.73. The van der Waals surface area contributed by atoms with E-state index >= 15 is 0 Å². The van der Waals surface area contributed by atoms with Crippen LogP contribution in [0.3, 0.4) is 0 Å². The van der Waals surface area contributed by atoms with Crippen molar-refractivity contribution in [2.75, 3.05) is 18.5 Å². The number of amides is 1. The molecule has 2 aromatic rings. The Morgan fingerprint density at radius 3 is 2.55 bits per heavy atom. The van der Waals surface area contributed by atoms with Crippen LogP contribution in [0.15, 0.2) is 36.5 Å². The largest absolute Gasteiger partial charge is 0.490 e. The molecule has 0 fully saturated rings. The normalized spacial score (nSPS) is 11.7. The molecule has 1 N–H and O–H groups in total. The minimum Gasteiger partial charge on any atom is -0.490 e. The average molecular weight is 421 g/mol. The lowest BCUT2D eigenvalue weighted by molar-refractivity contribution is -0.123. The molecule has 0 bridgehead atoms. The van der Waals surface area contributed by atoms with E-state index in [0.717, 1.165) is 0 Å². The number of nitrogens with zero attached hydrogens (tertiary/aromatic N) is 1. The first-order chi connectivity index (χ1) is 13.8. The molecule has 7 nitrogen and oxygen atoms in total. The van der Waals surface area contributed by atoms with Gasteiger partial charge in [-0.3, -0.25) is 4.79 Å². The van der Waals surface area contributed by atoms with Crippen LogP contribution >= 0.6 is 11.6 Å². The average Bonchev–Trinajstić information content (AvgIpc) is 2.68. The molecule has 8 heteroatoms. The van der Waals surface area contributed by atoms with Crippen molar-refractivity contribution < 1.29 is 23.8 Å². The Hall–Kier alpha value is -2.80. The number of anilines is 1. The van der Waals surface area contributed by atoms with Gasteiger partial charge in [0.25, 0.3) is 5.91 Å². The predicted octanol–water partition coefficient (Wildman–Crippen LogP) is 4.35. The Labute approximate surface area is 175 Å². The van der Waals surface area contributed by atoms with E-state index < -0.39 is 18.0 Å². The standard InChI is InChI=1S/C21H25ClN2O5/c1-5-27-18-11-15(8-9-17(18)28-12-13(2)3)21(26)29-14(4)20(25)24-16-7-6-10-23-19(16)22/h6-11,13-14H,5,12H2,1-4H3,(H,24,25)/t14-/m1/s1. The molecule has 0 aliphatic rings. The summed E-state index contributed by atoms with van der Waals surface area (Å²) in [6.07, 6.45) is 0.470. The molecule has 29 heavy (non-hydrogen) atoms. The molecule has 2 rings (SSSR count). The molecule has 0 saturated carbocycles. The zero-order valence-electron chi connectivity index (χ0n) is 16.9. The van der Waals surface area contributed by atoms with Gasteiger partial charge in [0.05, 0.1) is 24.5 Å². The highest BCUT2D eigenvalue weighted by molar-refractivity contribution is 6.32. The van der Waals surface area contributed by atoms with Crippen LogP contribution in [0.2, 0.25) is 5.15 Å². The monoisotopic (exact) mass is 420 g/mol. The number of nitrogens with one attached hydrogen (secondary N) is 1. The van der Waals surface area contributed by atoms with Crippen molar-refractivity contribution in [1.82, 2.24) is 4.98 Å². The van der Waals surface area contributed by atoms with Gasteiger partial charge in [0.1, 0.15) is 0 Å². The maximum atomic E-state index is 12.5. The molecule has 1 atom stereocenters. The summed E-state index contributed by atoms with van der Waals surface area (Å²) >= 11 is 5.92. The van der Waals surface area contributed by atoms with E-state index in [-0.39, 0.29) is 10.7 Å². The van der Waals surface area contributed by atoms with Crippen molar-refractivity contribution in [2.45, 2.75) is 33.8 Å². The third kappa shape index (κ3) is 6.64. The lowest BCUT2D eigenvalue weighted by Gasteiger charge is -2.16. The van der Waals surface area contributed by atoms with Crippen LogP contribution in [0, 0.1) is 5.92 Å². The highest BCUT2D eigenvalue weighted by Crippen LogP contribution is 2.29. The van der Waals surface area contributed by atoms with Crippen molar-refractivity contribution in [3.05, 3.63) is 47.2 Å². The Balaban J connectivity index is 2.05. The second kappa shape index (κ2) is 10.7. The summed E-state index contributed by atoms with van der Waals surface area (Å²) in [4.78, 5) is 28.6. The summed E-state index contributed by atoms with van der Waals surface area (Å²) in [6, 6.07) is 8.01. The van der Waals surface area contributed by atoms with Gasteiger partial charge in [-0.1, -0.05) is 25.4 Å². The molecule has 0 aliphatic heterocycles. The Morgan fingerprint density at radius 1 is 1.14 bits per heavy atom. The predicted molar refractivity (Wildman–Crippen MR) is 111 cm³/mol. The van der Waals surface area contributed by atoms with Crippen LogP contribution in [-0.2, 0) is 9.53 Å². The molecule has 0 spiro atoms. The lowest BCUT2D eigenvalue weighted by Crippen LogP contribution is -2.30. The van der Waals surface area contributed by atoms with E-state index in [9.17, 15) is 9.59 Å². The molecule has 1 amide bonds. The number of carbonyl (C=O) groups excluding carboxylic acids is 2. The number of halogens is 1. The van der Waals surface area contributed by atoms with Crippen molar-refractivity contribution in [3.8, 4) is 11.5 Å². The van der Waals surface area contributed by atoms with Gasteiger partial charge < -0.3 is 19.5 Å². The number of hydrogen-bond acceptors (Lipinski definition) is 6. The minimum atomic E-state index is -1.04. The summed E-state index contributed by atoms with van der Waals surface area (Å²) in [7, 11) is 0. The molecular weight excluding hydrogens is 396 g/mol. The Bertz CT molecular complexity index is 857. The van der Waals surface area contributed by atoms with Crippen LogP contribution < -0.4 is 14.8 Å². The number of benzene rings is 1. The summed E-state index contributed by atoms with van der Waals surface area (Å²) < 4.78 is 16.6. The van der Waals surface area contributed by atoms with Crippen LogP contribution in [0.4, 0.5) is 5.69 Å². The SMILES string of the molecule is CCOc1cc(C(=O)O[C@H](C)C(=O)Nc2cccnc2Cl)ccc1OCC(C)C. The van der Waals surface area contributed by atoms with Crippen LogP contribution in [0.1, 0.15) is 38.1 Å². The number of aromatic nitrogens is 1. The van der Waals surface area contributed by atoms with Gasteiger partial charge in [0.2, 0.25) is 0 Å². The second-order valence-corrected chi connectivity index (χ2v) is 7.04. The van der Waals surface area contributed by atoms with E-state index in [1.165, 1.54) is 13.1 Å². The fraction of sp³-hybridized carbons (Fsp3) is 0.381. The van der Waals surface area contributed by atoms with Crippen LogP contribution in [0.25, 0.3) is 0 Å². The number of ether oxygens (including phenoxy) is 3. The molecule has 0 aliphatic carbocycles. The van der Waals surface area contributed by atoms with E-state index in [2.05, 4.69) is 10.3 Å². The van der Waals surface area contributed by atoms with Crippen molar-refractivity contribution in [3.63, 3.8) is 0 Å². The number of hydrogen-bond donors (Lipinski definition) is 1. The fourth-order valence-corrected chi connectivity index (χ4v) is 2.44. The highest BCUT2D eigenvalue weighted by atomic mass is 35.5. The second-order valence-electron chi connectivity index (χ2n) is 6.68. The summed E-state index contributed by atoms with van der Waals surface area (Å²) in [5.41, 5.74) is 0.594. The fourth-order valence-electron chi connectivity index (χ4n) is 2.27. The lowest BCUT2D eigenvalue weighted by atomic mass is 10.2. The molecule has 1 aromatic heterocycles. The smallest absolute Gasteiger partial charge is 0.339 e. The zero-order valence-corrected chi connectivity index (χ0v) is 17.7.